The molecule has 3 heteroatoms. The Labute approximate surface area is 291 Å². The molecule has 1 aliphatic carbocycles. The summed E-state index contributed by atoms with van der Waals surface area (Å²) in [6.07, 6.45) is 3.97. The molecule has 236 valence electrons. The van der Waals surface area contributed by atoms with Gasteiger partial charge in [0.25, 0.3) is 0 Å². The van der Waals surface area contributed by atoms with Gasteiger partial charge in [0.15, 0.2) is 0 Å². The first-order valence-electron chi connectivity index (χ1n) is 17.2. The van der Waals surface area contributed by atoms with Gasteiger partial charge in [-0.05, 0) is 85.1 Å². The second-order valence-electron chi connectivity index (χ2n) is 13.9. The number of benzene rings is 7. The first-order chi connectivity index (χ1) is 24.6. The van der Waals surface area contributed by atoms with Crippen LogP contribution < -0.4 is 0 Å². The van der Waals surface area contributed by atoms with Crippen molar-refractivity contribution in [3.05, 3.63) is 175 Å². The highest BCUT2D eigenvalue weighted by Crippen LogP contribution is 2.54. The molecule has 10 rings (SSSR count). The lowest BCUT2D eigenvalue weighted by atomic mass is 9.79. The molecule has 0 unspecified atom stereocenters. The van der Waals surface area contributed by atoms with Crippen molar-refractivity contribution in [1.82, 2.24) is 14.5 Å². The predicted molar refractivity (Wildman–Crippen MR) is 208 cm³/mol. The molecule has 0 N–H and O–H groups in total. The highest BCUT2D eigenvalue weighted by Gasteiger charge is 2.40. The smallest absolute Gasteiger partial charge is 0.234 e. The molecule has 2 heterocycles. The Kier molecular flexibility index (Phi) is 6.22. The van der Waals surface area contributed by atoms with Crippen LogP contribution in [0.1, 0.15) is 25.0 Å². The van der Waals surface area contributed by atoms with Gasteiger partial charge in [0.05, 0.1) is 11.0 Å². The van der Waals surface area contributed by atoms with E-state index in [9.17, 15) is 0 Å². The fourth-order valence-electron chi connectivity index (χ4n) is 8.39. The standard InChI is InChI=1S/C47H33N3/c1-47(2)43-37-18-10-9-17-32(37)21-22-39(43)40-23-24-41-38-19-11-12-20-42(38)50(45(41)44(40)47)46-48-28-36(29-49-46)35-26-33(30-13-5-3-6-14-30)25-34(27-35)31-15-7-4-8-16-31/h3-29H,1-2H3. The molecule has 0 radical (unpaired) electrons. The number of rotatable bonds is 4. The van der Waals surface area contributed by atoms with Crippen LogP contribution in [0.3, 0.4) is 0 Å². The van der Waals surface area contributed by atoms with E-state index in [0.29, 0.717) is 5.95 Å². The SMILES string of the molecule is CC1(C)c2c(ccc3ccccc23)-c2ccc3c4ccccc4n(-c4ncc(-c5cc(-c6ccccc6)cc(-c6ccccc6)c5)cn4)c3c21. The number of nitrogens with zero attached hydrogens (tertiary/aromatic N) is 3. The Morgan fingerprint density at radius 3 is 1.66 bits per heavy atom. The molecule has 0 atom stereocenters. The summed E-state index contributed by atoms with van der Waals surface area (Å²) in [6, 6.07) is 54.5. The van der Waals surface area contributed by atoms with E-state index in [1.807, 2.05) is 12.4 Å². The summed E-state index contributed by atoms with van der Waals surface area (Å²) in [5.41, 5.74) is 14.1. The second kappa shape index (κ2) is 10.8. The van der Waals surface area contributed by atoms with E-state index in [4.69, 9.17) is 9.97 Å². The average Bonchev–Trinajstić information content (AvgIpc) is 3.64. The zero-order valence-corrected chi connectivity index (χ0v) is 27.9. The molecule has 0 aliphatic heterocycles. The van der Waals surface area contributed by atoms with E-state index >= 15 is 0 Å². The zero-order chi connectivity index (χ0) is 33.4. The van der Waals surface area contributed by atoms with Crippen LogP contribution in [0.25, 0.3) is 83.0 Å². The van der Waals surface area contributed by atoms with Crippen molar-refractivity contribution >= 4 is 32.6 Å². The average molecular weight is 640 g/mol. The normalized spacial score (nSPS) is 13.2. The molecule has 0 spiro atoms. The molecule has 2 aromatic heterocycles. The lowest BCUT2D eigenvalue weighted by Crippen LogP contribution is -2.17. The highest BCUT2D eigenvalue weighted by molar-refractivity contribution is 6.13. The van der Waals surface area contributed by atoms with Crippen LogP contribution in [-0.4, -0.2) is 14.5 Å². The number of aromatic nitrogens is 3. The van der Waals surface area contributed by atoms with Crippen molar-refractivity contribution in [1.29, 1.82) is 0 Å². The number of para-hydroxylation sites is 1. The summed E-state index contributed by atoms with van der Waals surface area (Å²) < 4.78 is 2.29. The molecule has 9 aromatic rings. The number of fused-ring (bicyclic) bond motifs is 9. The van der Waals surface area contributed by atoms with E-state index in [0.717, 1.165) is 16.6 Å². The Balaban J connectivity index is 1.17. The van der Waals surface area contributed by atoms with Crippen LogP contribution in [-0.2, 0) is 5.41 Å². The van der Waals surface area contributed by atoms with Crippen LogP contribution >= 0.6 is 0 Å². The third-order valence-corrected chi connectivity index (χ3v) is 10.6. The summed E-state index contributed by atoms with van der Waals surface area (Å²) in [5, 5.41) is 5.02. The van der Waals surface area contributed by atoms with Gasteiger partial charge >= 0.3 is 0 Å². The summed E-state index contributed by atoms with van der Waals surface area (Å²) in [4.78, 5) is 10.3. The molecule has 50 heavy (non-hydrogen) atoms. The quantitative estimate of drug-likeness (QED) is 0.192. The van der Waals surface area contributed by atoms with Crippen molar-refractivity contribution in [2.24, 2.45) is 0 Å². The molecule has 3 nitrogen and oxygen atoms in total. The molecule has 0 fully saturated rings. The van der Waals surface area contributed by atoms with Gasteiger partial charge in [0, 0.05) is 34.1 Å². The Morgan fingerprint density at radius 2 is 0.980 bits per heavy atom. The number of hydrogen-bond acceptors (Lipinski definition) is 2. The lowest BCUT2D eigenvalue weighted by molar-refractivity contribution is 0.669. The summed E-state index contributed by atoms with van der Waals surface area (Å²) in [6.45, 7) is 4.75. The second-order valence-corrected chi connectivity index (χ2v) is 13.9. The van der Waals surface area contributed by atoms with Gasteiger partial charge in [-0.2, -0.15) is 0 Å². The monoisotopic (exact) mass is 639 g/mol. The topological polar surface area (TPSA) is 30.7 Å². The molecule has 0 saturated carbocycles. The van der Waals surface area contributed by atoms with Crippen LogP contribution in [0.4, 0.5) is 0 Å². The fourth-order valence-corrected chi connectivity index (χ4v) is 8.39. The van der Waals surface area contributed by atoms with E-state index < -0.39 is 0 Å². The van der Waals surface area contributed by atoms with E-state index in [-0.39, 0.29) is 5.41 Å². The molecule has 0 bridgehead atoms. The maximum atomic E-state index is 5.13. The zero-order valence-electron chi connectivity index (χ0n) is 27.9. The van der Waals surface area contributed by atoms with Crippen LogP contribution in [0.15, 0.2) is 164 Å². The highest BCUT2D eigenvalue weighted by atomic mass is 15.2. The largest absolute Gasteiger partial charge is 0.278 e. The van der Waals surface area contributed by atoms with Crippen molar-refractivity contribution in [2.75, 3.05) is 0 Å². The molecule has 0 saturated heterocycles. The maximum Gasteiger partial charge on any atom is 0.234 e. The van der Waals surface area contributed by atoms with Gasteiger partial charge in [-0.3, -0.25) is 4.57 Å². The third-order valence-electron chi connectivity index (χ3n) is 10.6. The summed E-state index contributed by atoms with van der Waals surface area (Å²) in [5.74, 6) is 0.674. The summed E-state index contributed by atoms with van der Waals surface area (Å²) >= 11 is 0. The minimum Gasteiger partial charge on any atom is -0.278 e. The van der Waals surface area contributed by atoms with E-state index in [1.54, 1.807) is 0 Å². The van der Waals surface area contributed by atoms with Gasteiger partial charge in [-0.1, -0.05) is 141 Å². The fraction of sp³-hybridized carbons (Fsp3) is 0.0638. The third kappa shape index (κ3) is 4.23. The van der Waals surface area contributed by atoms with Crippen molar-refractivity contribution in [2.45, 2.75) is 19.3 Å². The van der Waals surface area contributed by atoms with Crippen molar-refractivity contribution < 1.29 is 0 Å². The summed E-state index contributed by atoms with van der Waals surface area (Å²) in [7, 11) is 0. The van der Waals surface area contributed by atoms with Gasteiger partial charge in [0.2, 0.25) is 5.95 Å². The van der Waals surface area contributed by atoms with Crippen LogP contribution in [0.5, 0.6) is 0 Å². The first kappa shape index (κ1) is 28.7. The van der Waals surface area contributed by atoms with Gasteiger partial charge in [-0.15, -0.1) is 0 Å². The predicted octanol–water partition coefficient (Wildman–Crippen LogP) is 12.0. The molecular formula is C47H33N3. The molecule has 7 aromatic carbocycles. The minimum absolute atomic E-state index is 0.233. The minimum atomic E-state index is -0.233. The molecule has 1 aliphatic rings. The Bertz CT molecular complexity index is 2700. The Hall–Kier alpha value is -6.32. The maximum absolute atomic E-state index is 5.13. The number of hydrogen-bond donors (Lipinski definition) is 0. The van der Waals surface area contributed by atoms with E-state index in [1.165, 1.54) is 71.6 Å². The van der Waals surface area contributed by atoms with Crippen LogP contribution in [0, 0.1) is 0 Å². The molecular weight excluding hydrogens is 607 g/mol. The molecule has 0 amide bonds. The van der Waals surface area contributed by atoms with Crippen molar-refractivity contribution in [3.8, 4) is 50.5 Å². The lowest BCUT2D eigenvalue weighted by Gasteiger charge is -2.24. The van der Waals surface area contributed by atoms with Crippen LogP contribution in [0.2, 0.25) is 0 Å². The first-order valence-corrected chi connectivity index (χ1v) is 17.2. The van der Waals surface area contributed by atoms with Crippen molar-refractivity contribution in [3.63, 3.8) is 0 Å². The van der Waals surface area contributed by atoms with Gasteiger partial charge in [-0.25, -0.2) is 9.97 Å². The van der Waals surface area contributed by atoms with E-state index in [2.05, 4.69) is 170 Å². The van der Waals surface area contributed by atoms with Gasteiger partial charge < -0.3 is 0 Å². The van der Waals surface area contributed by atoms with Gasteiger partial charge in [0.1, 0.15) is 0 Å². The Morgan fingerprint density at radius 1 is 0.440 bits per heavy atom.